The van der Waals surface area contributed by atoms with Crippen molar-refractivity contribution in [1.82, 2.24) is 0 Å². The van der Waals surface area contributed by atoms with Crippen LogP contribution in [0.5, 0.6) is 0 Å². The SMILES string of the molecule is N=C(N)c1cc2ccccc2cc1-c1cccc2c1-c1ccccc1C21c2ccccc2-c2ccccc21. The van der Waals surface area contributed by atoms with Crippen molar-refractivity contribution in [2.24, 2.45) is 5.73 Å². The van der Waals surface area contributed by atoms with Gasteiger partial charge in [-0.05, 0) is 78.5 Å². The molecule has 0 amide bonds. The van der Waals surface area contributed by atoms with Crippen LogP contribution in [0.25, 0.3) is 44.2 Å². The maximum absolute atomic E-state index is 8.47. The van der Waals surface area contributed by atoms with E-state index in [0.717, 1.165) is 27.5 Å². The molecule has 1 spiro atoms. The molecule has 0 radical (unpaired) electrons. The van der Waals surface area contributed by atoms with Crippen LogP contribution in [0.1, 0.15) is 27.8 Å². The molecule has 6 aromatic rings. The van der Waals surface area contributed by atoms with Crippen molar-refractivity contribution in [1.29, 1.82) is 5.41 Å². The van der Waals surface area contributed by atoms with E-state index in [1.165, 1.54) is 44.5 Å². The minimum absolute atomic E-state index is 0.0842. The molecule has 0 aliphatic heterocycles. The first kappa shape index (κ1) is 21.2. The number of nitrogens with one attached hydrogen (secondary N) is 1. The second kappa shape index (κ2) is 7.53. The minimum Gasteiger partial charge on any atom is -0.384 e. The lowest BCUT2D eigenvalue weighted by Gasteiger charge is -2.30. The summed E-state index contributed by atoms with van der Waals surface area (Å²) in [6, 6.07) is 45.8. The van der Waals surface area contributed by atoms with E-state index in [0.29, 0.717) is 0 Å². The summed E-state index contributed by atoms with van der Waals surface area (Å²) in [6.45, 7) is 0. The fraction of sp³-hybridized carbons (Fsp3) is 0.0278. The molecule has 0 saturated heterocycles. The molecule has 38 heavy (non-hydrogen) atoms. The summed E-state index contributed by atoms with van der Waals surface area (Å²) in [4.78, 5) is 0. The van der Waals surface area contributed by atoms with Crippen LogP contribution in [0.2, 0.25) is 0 Å². The first-order valence-corrected chi connectivity index (χ1v) is 13.0. The zero-order valence-electron chi connectivity index (χ0n) is 20.7. The van der Waals surface area contributed by atoms with Gasteiger partial charge in [-0.1, -0.05) is 115 Å². The molecule has 0 fully saturated rings. The predicted octanol–water partition coefficient (Wildman–Crippen LogP) is 8.13. The van der Waals surface area contributed by atoms with Crippen LogP contribution in [-0.4, -0.2) is 5.84 Å². The summed E-state index contributed by atoms with van der Waals surface area (Å²) in [5, 5.41) is 10.7. The molecule has 2 heteroatoms. The normalized spacial score (nSPS) is 13.7. The molecule has 0 heterocycles. The zero-order chi connectivity index (χ0) is 25.4. The quantitative estimate of drug-likeness (QED) is 0.189. The van der Waals surface area contributed by atoms with Crippen LogP contribution in [0.3, 0.4) is 0 Å². The maximum Gasteiger partial charge on any atom is 0.123 e. The first-order valence-electron chi connectivity index (χ1n) is 13.0. The van der Waals surface area contributed by atoms with Crippen molar-refractivity contribution in [3.63, 3.8) is 0 Å². The smallest absolute Gasteiger partial charge is 0.123 e. The summed E-state index contributed by atoms with van der Waals surface area (Å²) in [5.74, 6) is 0.0842. The number of hydrogen-bond donors (Lipinski definition) is 2. The van der Waals surface area contributed by atoms with E-state index in [2.05, 4.69) is 121 Å². The van der Waals surface area contributed by atoms with Gasteiger partial charge in [0.15, 0.2) is 0 Å². The van der Waals surface area contributed by atoms with Crippen LogP contribution in [-0.2, 0) is 5.41 Å². The molecule has 0 atom stereocenters. The lowest BCUT2D eigenvalue weighted by molar-refractivity contribution is 0.794. The van der Waals surface area contributed by atoms with Crippen molar-refractivity contribution in [2.75, 3.05) is 0 Å². The van der Waals surface area contributed by atoms with E-state index in [9.17, 15) is 0 Å². The van der Waals surface area contributed by atoms with Gasteiger partial charge in [0.1, 0.15) is 5.84 Å². The number of amidine groups is 1. The second-order valence-corrected chi connectivity index (χ2v) is 10.3. The Morgan fingerprint density at radius 2 is 0.947 bits per heavy atom. The minimum atomic E-state index is -0.387. The molecule has 6 aromatic carbocycles. The fourth-order valence-corrected chi connectivity index (χ4v) is 7.05. The molecule has 2 nitrogen and oxygen atoms in total. The molecule has 2 aliphatic carbocycles. The van der Waals surface area contributed by atoms with E-state index >= 15 is 0 Å². The van der Waals surface area contributed by atoms with Gasteiger partial charge in [-0.3, -0.25) is 5.41 Å². The number of nitrogens with two attached hydrogens (primary N) is 1. The lowest BCUT2D eigenvalue weighted by atomic mass is 9.70. The van der Waals surface area contributed by atoms with Gasteiger partial charge >= 0.3 is 0 Å². The number of benzene rings is 6. The molecule has 0 bridgehead atoms. The van der Waals surface area contributed by atoms with Gasteiger partial charge in [0.25, 0.3) is 0 Å². The first-order chi connectivity index (χ1) is 18.7. The second-order valence-electron chi connectivity index (χ2n) is 10.3. The van der Waals surface area contributed by atoms with Crippen molar-refractivity contribution in [3.05, 3.63) is 155 Å². The van der Waals surface area contributed by atoms with Crippen molar-refractivity contribution in [3.8, 4) is 33.4 Å². The average Bonchev–Trinajstić information content (AvgIpc) is 3.44. The van der Waals surface area contributed by atoms with Crippen LogP contribution in [0.15, 0.2) is 127 Å². The maximum atomic E-state index is 8.47. The van der Waals surface area contributed by atoms with Crippen LogP contribution < -0.4 is 5.73 Å². The molecule has 0 saturated carbocycles. The Labute approximate surface area is 221 Å². The van der Waals surface area contributed by atoms with Crippen LogP contribution >= 0.6 is 0 Å². The number of nitrogen functional groups attached to an aromatic ring is 1. The van der Waals surface area contributed by atoms with Crippen LogP contribution in [0, 0.1) is 5.41 Å². The Morgan fingerprint density at radius 1 is 0.474 bits per heavy atom. The van der Waals surface area contributed by atoms with Gasteiger partial charge < -0.3 is 5.73 Å². The molecule has 178 valence electrons. The summed E-state index contributed by atoms with van der Waals surface area (Å²) in [5.41, 5.74) is 19.0. The van der Waals surface area contributed by atoms with Gasteiger partial charge in [-0.2, -0.15) is 0 Å². The van der Waals surface area contributed by atoms with E-state index < -0.39 is 0 Å². The van der Waals surface area contributed by atoms with Gasteiger partial charge in [0.2, 0.25) is 0 Å². The monoisotopic (exact) mass is 484 g/mol. The van der Waals surface area contributed by atoms with Gasteiger partial charge in [0, 0.05) is 5.56 Å². The zero-order valence-corrected chi connectivity index (χ0v) is 20.7. The molecule has 8 rings (SSSR count). The Bertz CT molecular complexity index is 1920. The highest BCUT2D eigenvalue weighted by Gasteiger charge is 2.51. The van der Waals surface area contributed by atoms with Gasteiger partial charge in [0.05, 0.1) is 5.41 Å². The average molecular weight is 485 g/mol. The van der Waals surface area contributed by atoms with Crippen molar-refractivity contribution < 1.29 is 0 Å². The van der Waals surface area contributed by atoms with Crippen molar-refractivity contribution >= 4 is 16.6 Å². The third kappa shape index (κ3) is 2.54. The lowest BCUT2D eigenvalue weighted by Crippen LogP contribution is -2.25. The highest BCUT2D eigenvalue weighted by Crippen LogP contribution is 2.63. The van der Waals surface area contributed by atoms with Gasteiger partial charge in [-0.25, -0.2) is 0 Å². The standard InChI is InChI=1S/C36H24N2/c37-35(38)29-21-23-11-2-1-10-22(23)20-28(29)26-15-9-19-33-34(26)27-14-5-8-18-32(27)36(33)30-16-6-3-12-24(30)25-13-4-7-17-31(25)36/h1-21H,(H3,37,38). The number of fused-ring (bicyclic) bond motifs is 11. The summed E-state index contributed by atoms with van der Waals surface area (Å²) >= 11 is 0. The Kier molecular flexibility index (Phi) is 4.20. The largest absolute Gasteiger partial charge is 0.384 e. The number of hydrogen-bond acceptors (Lipinski definition) is 1. The molecular weight excluding hydrogens is 460 g/mol. The third-order valence-corrected chi connectivity index (χ3v) is 8.49. The van der Waals surface area contributed by atoms with E-state index in [-0.39, 0.29) is 11.3 Å². The third-order valence-electron chi connectivity index (χ3n) is 8.49. The Balaban J connectivity index is 1.53. The van der Waals surface area contributed by atoms with E-state index in [4.69, 9.17) is 11.1 Å². The van der Waals surface area contributed by atoms with Crippen LogP contribution in [0.4, 0.5) is 0 Å². The van der Waals surface area contributed by atoms with E-state index in [1.807, 2.05) is 6.07 Å². The summed E-state index contributed by atoms with van der Waals surface area (Å²) in [6.07, 6.45) is 0. The van der Waals surface area contributed by atoms with Crippen molar-refractivity contribution in [2.45, 2.75) is 5.41 Å². The highest BCUT2D eigenvalue weighted by atomic mass is 14.7. The summed E-state index contributed by atoms with van der Waals surface area (Å²) < 4.78 is 0. The highest BCUT2D eigenvalue weighted by molar-refractivity contribution is 6.09. The predicted molar refractivity (Wildman–Crippen MR) is 157 cm³/mol. The fourth-order valence-electron chi connectivity index (χ4n) is 7.05. The van der Waals surface area contributed by atoms with Gasteiger partial charge in [-0.15, -0.1) is 0 Å². The Hall–Kier alpha value is -4.95. The molecule has 0 unspecified atom stereocenters. The molecular formula is C36H24N2. The topological polar surface area (TPSA) is 49.9 Å². The number of rotatable bonds is 2. The molecule has 0 aromatic heterocycles. The van der Waals surface area contributed by atoms with E-state index in [1.54, 1.807) is 0 Å². The Morgan fingerprint density at radius 3 is 1.58 bits per heavy atom. The molecule has 2 aliphatic rings. The molecule has 3 N–H and O–H groups in total. The summed E-state index contributed by atoms with van der Waals surface area (Å²) in [7, 11) is 0.